The maximum absolute atomic E-state index is 12.5. The van der Waals surface area contributed by atoms with Crippen molar-refractivity contribution in [3.8, 4) is 0 Å². The SMILES string of the molecule is CSc1cccc(NC(=O)c2cccc(Cn3nc(C)cc3C)c2)c1. The number of hydrogen-bond acceptors (Lipinski definition) is 3. The predicted octanol–water partition coefficient (Wildman–Crippen LogP) is 4.52. The quantitative estimate of drug-likeness (QED) is 0.687. The Morgan fingerprint density at radius 3 is 2.64 bits per heavy atom. The van der Waals surface area contributed by atoms with Gasteiger partial charge in [0.15, 0.2) is 0 Å². The Kier molecular flexibility index (Phi) is 5.24. The van der Waals surface area contributed by atoms with Crippen molar-refractivity contribution in [3.63, 3.8) is 0 Å². The van der Waals surface area contributed by atoms with E-state index in [1.807, 2.05) is 73.3 Å². The van der Waals surface area contributed by atoms with E-state index in [-0.39, 0.29) is 5.91 Å². The van der Waals surface area contributed by atoms with Crippen molar-refractivity contribution in [2.45, 2.75) is 25.3 Å². The lowest BCUT2D eigenvalue weighted by Crippen LogP contribution is -2.13. The van der Waals surface area contributed by atoms with Crippen LogP contribution < -0.4 is 5.32 Å². The molecule has 0 fully saturated rings. The zero-order valence-electron chi connectivity index (χ0n) is 14.6. The van der Waals surface area contributed by atoms with E-state index in [0.29, 0.717) is 12.1 Å². The van der Waals surface area contributed by atoms with Crippen molar-refractivity contribution in [1.82, 2.24) is 9.78 Å². The van der Waals surface area contributed by atoms with E-state index in [1.54, 1.807) is 11.8 Å². The number of hydrogen-bond donors (Lipinski definition) is 1. The molecule has 0 bridgehead atoms. The summed E-state index contributed by atoms with van der Waals surface area (Å²) in [5, 5.41) is 7.45. The molecule has 128 valence electrons. The summed E-state index contributed by atoms with van der Waals surface area (Å²) in [4.78, 5) is 13.7. The van der Waals surface area contributed by atoms with Crippen LogP contribution in [-0.4, -0.2) is 21.9 Å². The molecule has 3 aromatic rings. The van der Waals surface area contributed by atoms with Gasteiger partial charge in [-0.25, -0.2) is 0 Å². The Bertz CT molecular complexity index is 901. The number of rotatable bonds is 5. The van der Waals surface area contributed by atoms with Crippen molar-refractivity contribution in [3.05, 3.63) is 77.1 Å². The Hall–Kier alpha value is -2.53. The maximum Gasteiger partial charge on any atom is 0.255 e. The second kappa shape index (κ2) is 7.57. The van der Waals surface area contributed by atoms with Gasteiger partial charge in [-0.3, -0.25) is 9.48 Å². The molecule has 0 atom stereocenters. The molecule has 0 radical (unpaired) electrons. The molecule has 1 heterocycles. The van der Waals surface area contributed by atoms with Crippen molar-refractivity contribution in [1.29, 1.82) is 0 Å². The van der Waals surface area contributed by atoms with Crippen LogP contribution in [0.4, 0.5) is 5.69 Å². The lowest BCUT2D eigenvalue weighted by atomic mass is 10.1. The average molecular weight is 351 g/mol. The monoisotopic (exact) mass is 351 g/mol. The van der Waals surface area contributed by atoms with E-state index in [2.05, 4.69) is 16.5 Å². The van der Waals surface area contributed by atoms with Gasteiger partial charge in [0.1, 0.15) is 0 Å². The molecular weight excluding hydrogens is 330 g/mol. The Balaban J connectivity index is 1.76. The molecule has 0 aliphatic rings. The van der Waals surface area contributed by atoms with Crippen molar-refractivity contribution < 1.29 is 4.79 Å². The highest BCUT2D eigenvalue weighted by atomic mass is 32.2. The minimum absolute atomic E-state index is 0.103. The van der Waals surface area contributed by atoms with Gasteiger partial charge < -0.3 is 5.32 Å². The zero-order valence-corrected chi connectivity index (χ0v) is 15.4. The van der Waals surface area contributed by atoms with Crippen LogP contribution in [0.1, 0.15) is 27.3 Å². The Morgan fingerprint density at radius 1 is 1.12 bits per heavy atom. The second-order valence-electron chi connectivity index (χ2n) is 5.97. The summed E-state index contributed by atoms with van der Waals surface area (Å²) in [6.07, 6.45) is 2.02. The summed E-state index contributed by atoms with van der Waals surface area (Å²) in [5.41, 5.74) is 4.62. The van der Waals surface area contributed by atoms with E-state index in [9.17, 15) is 4.79 Å². The predicted molar refractivity (Wildman–Crippen MR) is 103 cm³/mol. The van der Waals surface area contributed by atoms with Gasteiger partial charge in [-0.1, -0.05) is 18.2 Å². The number of carbonyl (C=O) groups is 1. The van der Waals surface area contributed by atoms with Gasteiger partial charge in [0, 0.05) is 21.8 Å². The van der Waals surface area contributed by atoms with Crippen LogP contribution in [0.5, 0.6) is 0 Å². The molecule has 4 nitrogen and oxygen atoms in total. The molecule has 0 saturated heterocycles. The van der Waals surface area contributed by atoms with Crippen LogP contribution in [0.25, 0.3) is 0 Å². The lowest BCUT2D eigenvalue weighted by molar-refractivity contribution is 0.102. The first kappa shape index (κ1) is 17.3. The van der Waals surface area contributed by atoms with Crippen LogP contribution in [0.15, 0.2) is 59.5 Å². The van der Waals surface area contributed by atoms with Crippen molar-refractivity contribution in [2.75, 3.05) is 11.6 Å². The fraction of sp³-hybridized carbons (Fsp3) is 0.200. The van der Waals surface area contributed by atoms with Crippen LogP contribution in [0, 0.1) is 13.8 Å². The molecule has 25 heavy (non-hydrogen) atoms. The highest BCUT2D eigenvalue weighted by Gasteiger charge is 2.09. The molecule has 2 aromatic carbocycles. The smallest absolute Gasteiger partial charge is 0.255 e. The van der Waals surface area contributed by atoms with Crippen LogP contribution in [0.2, 0.25) is 0 Å². The van der Waals surface area contributed by atoms with E-state index >= 15 is 0 Å². The molecule has 0 aliphatic carbocycles. The van der Waals surface area contributed by atoms with E-state index < -0.39 is 0 Å². The maximum atomic E-state index is 12.5. The van der Waals surface area contributed by atoms with Crippen LogP contribution in [0.3, 0.4) is 0 Å². The molecule has 0 aliphatic heterocycles. The zero-order chi connectivity index (χ0) is 17.8. The molecule has 0 spiro atoms. The van der Waals surface area contributed by atoms with E-state index in [4.69, 9.17) is 0 Å². The van der Waals surface area contributed by atoms with Crippen molar-refractivity contribution in [2.24, 2.45) is 0 Å². The van der Waals surface area contributed by atoms with Gasteiger partial charge in [0.2, 0.25) is 0 Å². The summed E-state index contributed by atoms with van der Waals surface area (Å²) < 4.78 is 1.95. The number of nitrogens with one attached hydrogen (secondary N) is 1. The van der Waals surface area contributed by atoms with Crippen LogP contribution in [-0.2, 0) is 6.54 Å². The number of anilines is 1. The molecule has 1 N–H and O–H groups in total. The second-order valence-corrected chi connectivity index (χ2v) is 6.85. The first-order valence-electron chi connectivity index (χ1n) is 8.10. The van der Waals surface area contributed by atoms with Gasteiger partial charge in [0.05, 0.1) is 12.2 Å². The number of carbonyl (C=O) groups excluding carboxylic acids is 1. The standard InChI is InChI=1S/C20H21N3OS/c1-14-10-15(2)23(22-14)13-16-6-4-7-17(11-16)20(24)21-18-8-5-9-19(12-18)25-3/h4-12H,13H2,1-3H3,(H,21,24). The first-order chi connectivity index (χ1) is 12.0. The van der Waals surface area contributed by atoms with E-state index in [0.717, 1.165) is 27.5 Å². The molecule has 5 heteroatoms. The highest BCUT2D eigenvalue weighted by molar-refractivity contribution is 7.98. The van der Waals surface area contributed by atoms with E-state index in [1.165, 1.54) is 0 Å². The van der Waals surface area contributed by atoms with Crippen LogP contribution >= 0.6 is 11.8 Å². The summed E-state index contributed by atoms with van der Waals surface area (Å²) >= 11 is 1.65. The summed E-state index contributed by atoms with van der Waals surface area (Å²) in [6, 6.07) is 17.6. The molecule has 0 unspecified atom stereocenters. The molecule has 1 amide bonds. The van der Waals surface area contributed by atoms with Gasteiger partial charge in [-0.2, -0.15) is 5.10 Å². The first-order valence-corrected chi connectivity index (χ1v) is 9.33. The number of amides is 1. The number of aryl methyl sites for hydroxylation is 2. The fourth-order valence-electron chi connectivity index (χ4n) is 2.72. The number of benzene rings is 2. The average Bonchev–Trinajstić information content (AvgIpc) is 2.92. The number of aromatic nitrogens is 2. The Labute approximate surface area is 152 Å². The van der Waals surface area contributed by atoms with Gasteiger partial charge in [0.25, 0.3) is 5.91 Å². The van der Waals surface area contributed by atoms with Gasteiger partial charge >= 0.3 is 0 Å². The fourth-order valence-corrected chi connectivity index (χ4v) is 3.18. The van der Waals surface area contributed by atoms with Crippen molar-refractivity contribution >= 4 is 23.4 Å². The van der Waals surface area contributed by atoms with Gasteiger partial charge in [-0.05, 0) is 62.1 Å². The Morgan fingerprint density at radius 2 is 1.92 bits per heavy atom. The normalized spacial score (nSPS) is 10.7. The highest BCUT2D eigenvalue weighted by Crippen LogP contribution is 2.20. The molecule has 3 rings (SSSR count). The number of nitrogens with zero attached hydrogens (tertiary/aromatic N) is 2. The van der Waals surface area contributed by atoms with Gasteiger partial charge in [-0.15, -0.1) is 11.8 Å². The summed E-state index contributed by atoms with van der Waals surface area (Å²) in [7, 11) is 0. The lowest BCUT2D eigenvalue weighted by Gasteiger charge is -2.09. The molecule has 0 saturated carbocycles. The molecule has 1 aromatic heterocycles. The number of thioether (sulfide) groups is 1. The molecular formula is C20H21N3OS. The largest absolute Gasteiger partial charge is 0.322 e. The summed E-state index contributed by atoms with van der Waals surface area (Å²) in [5.74, 6) is -0.103. The minimum atomic E-state index is -0.103. The minimum Gasteiger partial charge on any atom is -0.322 e. The topological polar surface area (TPSA) is 46.9 Å². The third-order valence-corrected chi connectivity index (χ3v) is 4.68. The third kappa shape index (κ3) is 4.31. The third-order valence-electron chi connectivity index (χ3n) is 3.95. The summed E-state index contributed by atoms with van der Waals surface area (Å²) in [6.45, 7) is 4.67.